The summed E-state index contributed by atoms with van der Waals surface area (Å²) in [7, 11) is 0. The smallest absolute Gasteiger partial charge is 0.226 e. The molecule has 3 heteroatoms. The molecule has 0 bridgehead atoms. The van der Waals surface area contributed by atoms with Gasteiger partial charge < -0.3 is 10.6 Å². The summed E-state index contributed by atoms with van der Waals surface area (Å²) in [6.45, 7) is 2.21. The van der Waals surface area contributed by atoms with E-state index in [1.807, 2.05) is 17.0 Å². The van der Waals surface area contributed by atoms with Gasteiger partial charge in [0.15, 0.2) is 0 Å². The zero-order chi connectivity index (χ0) is 12.5. The molecule has 1 amide bonds. The predicted molar refractivity (Wildman–Crippen MR) is 70.6 cm³/mol. The number of amides is 1. The molecule has 1 saturated carbocycles. The fraction of sp³-hybridized carbons (Fsp3) is 0.533. The molecular formula is C15H20N2O. The molecule has 1 aliphatic heterocycles. The van der Waals surface area contributed by atoms with Gasteiger partial charge in [0.05, 0.1) is 0 Å². The normalized spacial score (nSPS) is 26.4. The lowest BCUT2D eigenvalue weighted by Crippen LogP contribution is -2.35. The first-order valence-corrected chi connectivity index (χ1v) is 6.85. The summed E-state index contributed by atoms with van der Waals surface area (Å²) < 4.78 is 0. The number of carbonyl (C=O) groups is 1. The van der Waals surface area contributed by atoms with Crippen LogP contribution in [0, 0.1) is 11.8 Å². The summed E-state index contributed by atoms with van der Waals surface area (Å²) in [4.78, 5) is 14.6. The molecule has 2 aliphatic rings. The summed E-state index contributed by atoms with van der Waals surface area (Å²) >= 11 is 0. The molecule has 3 rings (SSSR count). The maximum atomic E-state index is 12.6. The Bertz CT molecular complexity index is 433. The SMILES string of the molecule is NC[C@H]1CCC[C@H]1C(=O)N1Cc2ccccc2C1. The lowest BCUT2D eigenvalue weighted by atomic mass is 9.95. The third kappa shape index (κ3) is 1.93. The van der Waals surface area contributed by atoms with Crippen LogP contribution in [0.25, 0.3) is 0 Å². The Labute approximate surface area is 108 Å². The van der Waals surface area contributed by atoms with Gasteiger partial charge in [-0.15, -0.1) is 0 Å². The maximum absolute atomic E-state index is 12.6. The highest BCUT2D eigenvalue weighted by molar-refractivity contribution is 5.80. The molecule has 3 nitrogen and oxygen atoms in total. The van der Waals surface area contributed by atoms with E-state index in [0.29, 0.717) is 18.4 Å². The first-order chi connectivity index (χ1) is 8.79. The summed E-state index contributed by atoms with van der Waals surface area (Å²) in [5, 5.41) is 0. The van der Waals surface area contributed by atoms with Gasteiger partial charge in [-0.3, -0.25) is 4.79 Å². The molecule has 1 fully saturated rings. The van der Waals surface area contributed by atoms with Crippen LogP contribution >= 0.6 is 0 Å². The van der Waals surface area contributed by atoms with Gasteiger partial charge in [-0.25, -0.2) is 0 Å². The zero-order valence-electron chi connectivity index (χ0n) is 10.6. The number of nitrogens with two attached hydrogens (primary N) is 1. The minimum atomic E-state index is 0.171. The van der Waals surface area contributed by atoms with Gasteiger partial charge in [-0.1, -0.05) is 30.7 Å². The highest BCUT2D eigenvalue weighted by Crippen LogP contribution is 2.34. The number of fused-ring (bicyclic) bond motifs is 1. The second kappa shape index (κ2) is 4.73. The Kier molecular flexibility index (Phi) is 3.08. The first-order valence-electron chi connectivity index (χ1n) is 6.85. The molecule has 1 aliphatic carbocycles. The van der Waals surface area contributed by atoms with Crippen LogP contribution in [0.1, 0.15) is 30.4 Å². The molecule has 2 atom stereocenters. The molecule has 0 saturated heterocycles. The Balaban J connectivity index is 1.72. The molecule has 0 aromatic heterocycles. The number of rotatable bonds is 2. The van der Waals surface area contributed by atoms with Crippen molar-refractivity contribution in [2.24, 2.45) is 17.6 Å². The fourth-order valence-electron chi connectivity index (χ4n) is 3.37. The summed E-state index contributed by atoms with van der Waals surface area (Å²) in [6, 6.07) is 8.34. The van der Waals surface area contributed by atoms with Crippen LogP contribution < -0.4 is 5.73 Å². The Morgan fingerprint density at radius 1 is 1.22 bits per heavy atom. The predicted octanol–water partition coefficient (Wildman–Crippen LogP) is 1.90. The molecule has 18 heavy (non-hydrogen) atoms. The van der Waals surface area contributed by atoms with Crippen molar-refractivity contribution in [3.63, 3.8) is 0 Å². The molecule has 1 aromatic rings. The van der Waals surface area contributed by atoms with Gasteiger partial charge in [0.1, 0.15) is 0 Å². The lowest BCUT2D eigenvalue weighted by molar-refractivity contribution is -0.137. The van der Waals surface area contributed by atoms with Crippen LogP contribution in [0.5, 0.6) is 0 Å². The van der Waals surface area contributed by atoms with Crippen LogP contribution in [-0.2, 0) is 17.9 Å². The van der Waals surface area contributed by atoms with Crippen LogP contribution in [-0.4, -0.2) is 17.4 Å². The fourth-order valence-corrected chi connectivity index (χ4v) is 3.37. The molecule has 96 valence electrons. The minimum Gasteiger partial charge on any atom is -0.334 e. The van der Waals surface area contributed by atoms with Gasteiger partial charge in [-0.2, -0.15) is 0 Å². The quantitative estimate of drug-likeness (QED) is 0.863. The molecule has 0 spiro atoms. The standard InChI is InChI=1S/C15H20N2O/c16-8-11-6-3-7-14(11)15(18)17-9-12-4-1-2-5-13(12)10-17/h1-2,4-5,11,14H,3,6-10,16H2/t11-,14-/m1/s1. The van der Waals surface area contributed by atoms with Gasteiger partial charge in [0.25, 0.3) is 0 Å². The van der Waals surface area contributed by atoms with E-state index in [1.54, 1.807) is 0 Å². The Morgan fingerprint density at radius 2 is 1.89 bits per heavy atom. The van der Waals surface area contributed by atoms with E-state index in [1.165, 1.54) is 11.1 Å². The third-order valence-electron chi connectivity index (χ3n) is 4.43. The zero-order valence-corrected chi connectivity index (χ0v) is 10.6. The maximum Gasteiger partial charge on any atom is 0.226 e. The first kappa shape index (κ1) is 11.7. The molecule has 2 N–H and O–H groups in total. The van der Waals surface area contributed by atoms with Crippen LogP contribution in [0.2, 0.25) is 0 Å². The van der Waals surface area contributed by atoms with E-state index in [4.69, 9.17) is 5.73 Å². The molecule has 1 aromatic carbocycles. The average molecular weight is 244 g/mol. The molecule has 0 unspecified atom stereocenters. The van der Waals surface area contributed by atoms with E-state index in [2.05, 4.69) is 12.1 Å². The number of carbonyl (C=O) groups excluding carboxylic acids is 1. The van der Waals surface area contributed by atoms with Gasteiger partial charge in [0, 0.05) is 19.0 Å². The monoisotopic (exact) mass is 244 g/mol. The van der Waals surface area contributed by atoms with Crippen molar-refractivity contribution < 1.29 is 4.79 Å². The number of hydrogen-bond acceptors (Lipinski definition) is 2. The largest absolute Gasteiger partial charge is 0.334 e. The van der Waals surface area contributed by atoms with E-state index < -0.39 is 0 Å². The van der Waals surface area contributed by atoms with Gasteiger partial charge in [-0.05, 0) is 36.4 Å². The van der Waals surface area contributed by atoms with E-state index in [9.17, 15) is 4.79 Å². The second-order valence-corrected chi connectivity index (χ2v) is 5.50. The van der Waals surface area contributed by atoms with Crippen molar-refractivity contribution in [3.8, 4) is 0 Å². The minimum absolute atomic E-state index is 0.171. The number of nitrogens with zero attached hydrogens (tertiary/aromatic N) is 1. The van der Waals surface area contributed by atoms with Crippen LogP contribution in [0.4, 0.5) is 0 Å². The average Bonchev–Trinajstić information content (AvgIpc) is 3.03. The molecular weight excluding hydrogens is 224 g/mol. The second-order valence-electron chi connectivity index (χ2n) is 5.50. The highest BCUT2D eigenvalue weighted by Gasteiger charge is 2.36. The Morgan fingerprint density at radius 3 is 2.50 bits per heavy atom. The Hall–Kier alpha value is -1.35. The molecule has 0 radical (unpaired) electrons. The van der Waals surface area contributed by atoms with Gasteiger partial charge in [0.2, 0.25) is 5.91 Å². The van der Waals surface area contributed by atoms with Crippen LogP contribution in [0.3, 0.4) is 0 Å². The topological polar surface area (TPSA) is 46.3 Å². The van der Waals surface area contributed by atoms with Crippen molar-refractivity contribution in [2.45, 2.75) is 32.4 Å². The summed E-state index contributed by atoms with van der Waals surface area (Å²) in [5.74, 6) is 0.893. The third-order valence-corrected chi connectivity index (χ3v) is 4.43. The van der Waals surface area contributed by atoms with Crippen molar-refractivity contribution in [1.29, 1.82) is 0 Å². The number of hydrogen-bond donors (Lipinski definition) is 1. The van der Waals surface area contributed by atoms with Crippen molar-refractivity contribution in [3.05, 3.63) is 35.4 Å². The van der Waals surface area contributed by atoms with Gasteiger partial charge >= 0.3 is 0 Å². The molecule has 1 heterocycles. The summed E-state index contributed by atoms with van der Waals surface area (Å²) in [6.07, 6.45) is 3.29. The van der Waals surface area contributed by atoms with Crippen molar-refractivity contribution in [2.75, 3.05) is 6.54 Å². The van der Waals surface area contributed by atoms with E-state index in [0.717, 1.165) is 32.4 Å². The summed E-state index contributed by atoms with van der Waals surface area (Å²) in [5.41, 5.74) is 8.37. The van der Waals surface area contributed by atoms with E-state index in [-0.39, 0.29) is 5.92 Å². The van der Waals surface area contributed by atoms with Crippen molar-refractivity contribution >= 4 is 5.91 Å². The van der Waals surface area contributed by atoms with E-state index >= 15 is 0 Å². The van der Waals surface area contributed by atoms with Crippen LogP contribution in [0.15, 0.2) is 24.3 Å². The van der Waals surface area contributed by atoms with Crippen molar-refractivity contribution in [1.82, 2.24) is 4.90 Å². The highest BCUT2D eigenvalue weighted by atomic mass is 16.2. The lowest BCUT2D eigenvalue weighted by Gasteiger charge is -2.23. The number of benzene rings is 1.